The quantitative estimate of drug-likeness (QED) is 0.170. The zero-order valence-corrected chi connectivity index (χ0v) is 29.8. The molecule has 0 atom stereocenters. The van der Waals surface area contributed by atoms with Crippen LogP contribution in [0.2, 0.25) is 0 Å². The fraction of sp³-hybridized carbons (Fsp3) is 0. The molecule has 10 aromatic rings. The zero-order valence-electron chi connectivity index (χ0n) is 29.8. The number of hydrogen-bond acceptors (Lipinski definition) is 6. The first kappa shape index (κ1) is 31.8. The fourth-order valence-electron chi connectivity index (χ4n) is 8.16. The Labute approximate surface area is 321 Å². The second kappa shape index (κ2) is 12.4. The summed E-state index contributed by atoms with van der Waals surface area (Å²) >= 11 is 0. The van der Waals surface area contributed by atoms with Crippen LogP contribution >= 0.6 is 0 Å². The summed E-state index contributed by atoms with van der Waals surface area (Å²) in [7, 11) is 0. The van der Waals surface area contributed by atoms with E-state index in [-0.39, 0.29) is 11.6 Å². The molecule has 2 aromatic heterocycles. The summed E-state index contributed by atoms with van der Waals surface area (Å²) in [4.78, 5) is 33.0. The highest BCUT2D eigenvalue weighted by Gasteiger charge is 2.32. The van der Waals surface area contributed by atoms with Crippen molar-refractivity contribution < 1.29 is 18.4 Å². The van der Waals surface area contributed by atoms with E-state index in [4.69, 9.17) is 8.83 Å². The molecule has 0 N–H and O–H groups in total. The van der Waals surface area contributed by atoms with Gasteiger partial charge in [-0.1, -0.05) is 72.8 Å². The minimum absolute atomic E-state index is 0.196. The van der Waals surface area contributed by atoms with Gasteiger partial charge in [-0.05, 0) is 97.1 Å². The van der Waals surface area contributed by atoms with Crippen LogP contribution in [0, 0.1) is 0 Å². The Balaban J connectivity index is 0.999. The van der Waals surface area contributed by atoms with Crippen molar-refractivity contribution in [1.29, 1.82) is 0 Å². The molecular weight excluding hydrogens is 693 g/mol. The van der Waals surface area contributed by atoms with Gasteiger partial charge >= 0.3 is 0 Å². The summed E-state index contributed by atoms with van der Waals surface area (Å²) in [5.41, 5.74) is 9.71. The number of nitrogens with zero attached hydrogens (tertiary/aromatic N) is 2. The van der Waals surface area contributed by atoms with Crippen molar-refractivity contribution in [1.82, 2.24) is 0 Å². The van der Waals surface area contributed by atoms with Gasteiger partial charge < -0.3 is 18.6 Å². The summed E-state index contributed by atoms with van der Waals surface area (Å²) in [6.07, 6.45) is 0. The summed E-state index contributed by atoms with van der Waals surface area (Å²) < 4.78 is 12.5. The molecule has 0 amide bonds. The van der Waals surface area contributed by atoms with Crippen LogP contribution in [0.5, 0.6) is 0 Å². The van der Waals surface area contributed by atoms with E-state index in [2.05, 4.69) is 46.2 Å². The second-order valence-corrected chi connectivity index (χ2v) is 14.0. The van der Waals surface area contributed by atoms with E-state index in [9.17, 15) is 9.59 Å². The highest BCUT2D eigenvalue weighted by atomic mass is 16.3. The topological polar surface area (TPSA) is 66.9 Å². The molecule has 1 aliphatic rings. The number of carbonyl (C=O) groups excluding carboxylic acids is 2. The van der Waals surface area contributed by atoms with Crippen molar-refractivity contribution in [2.75, 3.05) is 9.80 Å². The first-order valence-electron chi connectivity index (χ1n) is 18.5. The standard InChI is InChI=1S/C50H30N2O4/c53-49-42-26-22-34(52(32-13-5-2-6-14-32)36-20-24-40-38-16-8-10-18-46(38)56-48(40)30-36)28-44(42)50(54)41-25-21-33(27-43(41)49)51(31-11-3-1-4-12-31)35-19-23-39-37-15-7-9-17-45(37)55-47(39)29-35/h1-30H. The zero-order chi connectivity index (χ0) is 37.3. The Bertz CT molecular complexity index is 2980. The maximum atomic E-state index is 14.4. The number of rotatable bonds is 6. The number of furan rings is 2. The molecule has 264 valence electrons. The highest BCUT2D eigenvalue weighted by molar-refractivity contribution is 6.29. The number of hydrogen-bond donors (Lipinski definition) is 0. The third kappa shape index (κ3) is 4.97. The van der Waals surface area contributed by atoms with Crippen LogP contribution in [0.3, 0.4) is 0 Å². The SMILES string of the molecule is O=C1c2ccc(N(c3ccccc3)c3ccc4c(c3)oc3ccccc34)cc2C(=O)c2ccc(N(c3ccccc3)c3ccc4c(c3)oc3ccccc34)cc21. The molecule has 11 rings (SSSR count). The number of fused-ring (bicyclic) bond motifs is 8. The van der Waals surface area contributed by atoms with Crippen molar-refractivity contribution >= 4 is 89.6 Å². The smallest absolute Gasteiger partial charge is 0.194 e. The molecule has 0 unspecified atom stereocenters. The minimum Gasteiger partial charge on any atom is -0.456 e. The molecule has 0 bridgehead atoms. The lowest BCUT2D eigenvalue weighted by molar-refractivity contribution is 0.0979. The van der Waals surface area contributed by atoms with E-state index < -0.39 is 0 Å². The van der Waals surface area contributed by atoms with Crippen LogP contribution in [0.15, 0.2) is 191 Å². The molecule has 6 heteroatoms. The monoisotopic (exact) mass is 722 g/mol. The van der Waals surface area contributed by atoms with Crippen molar-refractivity contribution in [3.63, 3.8) is 0 Å². The molecule has 0 radical (unpaired) electrons. The Kier molecular flexibility index (Phi) is 7.06. The van der Waals surface area contributed by atoms with Gasteiger partial charge in [0.2, 0.25) is 0 Å². The van der Waals surface area contributed by atoms with Gasteiger partial charge in [-0.2, -0.15) is 0 Å². The highest BCUT2D eigenvalue weighted by Crippen LogP contribution is 2.43. The molecule has 1 aliphatic carbocycles. The molecule has 2 heterocycles. The Morgan fingerprint density at radius 2 is 0.643 bits per heavy atom. The van der Waals surface area contributed by atoms with Gasteiger partial charge in [0, 0.05) is 90.1 Å². The number of para-hydroxylation sites is 4. The Morgan fingerprint density at radius 1 is 0.286 bits per heavy atom. The van der Waals surface area contributed by atoms with Crippen LogP contribution in [0.25, 0.3) is 43.9 Å². The predicted octanol–water partition coefficient (Wildman–Crippen LogP) is 13.2. The van der Waals surface area contributed by atoms with Crippen molar-refractivity contribution in [3.05, 3.63) is 204 Å². The lowest BCUT2D eigenvalue weighted by Crippen LogP contribution is -2.22. The summed E-state index contributed by atoms with van der Waals surface area (Å²) in [6.45, 7) is 0. The van der Waals surface area contributed by atoms with Gasteiger partial charge in [0.1, 0.15) is 22.3 Å². The summed E-state index contributed by atoms with van der Waals surface area (Å²) in [5, 5.41) is 4.17. The predicted molar refractivity (Wildman–Crippen MR) is 224 cm³/mol. The summed E-state index contributed by atoms with van der Waals surface area (Å²) in [5.74, 6) is -0.391. The van der Waals surface area contributed by atoms with Gasteiger partial charge in [0.15, 0.2) is 11.6 Å². The third-order valence-corrected chi connectivity index (χ3v) is 10.8. The van der Waals surface area contributed by atoms with Gasteiger partial charge in [-0.3, -0.25) is 9.59 Å². The third-order valence-electron chi connectivity index (χ3n) is 10.8. The molecular formula is C50H30N2O4. The Hall–Kier alpha value is -7.70. The molecule has 0 aliphatic heterocycles. The number of ketones is 2. The van der Waals surface area contributed by atoms with Crippen LogP contribution in [-0.2, 0) is 0 Å². The molecule has 0 saturated carbocycles. The maximum Gasteiger partial charge on any atom is 0.194 e. The summed E-state index contributed by atoms with van der Waals surface area (Å²) in [6, 6.07) is 59.3. The largest absolute Gasteiger partial charge is 0.456 e. The average Bonchev–Trinajstić information content (AvgIpc) is 3.81. The maximum absolute atomic E-state index is 14.4. The van der Waals surface area contributed by atoms with E-state index >= 15 is 0 Å². The second-order valence-electron chi connectivity index (χ2n) is 14.0. The molecule has 8 aromatic carbocycles. The van der Waals surface area contributed by atoms with E-state index in [1.165, 1.54) is 0 Å². The van der Waals surface area contributed by atoms with Crippen LogP contribution < -0.4 is 9.80 Å². The normalized spacial score (nSPS) is 12.4. The number of benzene rings is 8. The van der Waals surface area contributed by atoms with Crippen molar-refractivity contribution in [3.8, 4) is 0 Å². The van der Waals surface area contributed by atoms with Gasteiger partial charge in [-0.15, -0.1) is 0 Å². The van der Waals surface area contributed by atoms with Crippen molar-refractivity contribution in [2.24, 2.45) is 0 Å². The first-order chi connectivity index (χ1) is 27.6. The lowest BCUT2D eigenvalue weighted by atomic mass is 9.83. The van der Waals surface area contributed by atoms with Gasteiger partial charge in [-0.25, -0.2) is 0 Å². The average molecular weight is 723 g/mol. The number of carbonyl (C=O) groups is 2. The first-order valence-corrected chi connectivity index (χ1v) is 18.5. The van der Waals surface area contributed by atoms with Gasteiger partial charge in [0.05, 0.1) is 0 Å². The van der Waals surface area contributed by atoms with Crippen molar-refractivity contribution in [2.45, 2.75) is 0 Å². The van der Waals surface area contributed by atoms with E-state index in [1.54, 1.807) is 12.1 Å². The van der Waals surface area contributed by atoms with Crippen LogP contribution in [0.4, 0.5) is 34.1 Å². The van der Waals surface area contributed by atoms with E-state index in [0.717, 1.165) is 78.0 Å². The van der Waals surface area contributed by atoms with E-state index in [0.29, 0.717) is 22.3 Å². The number of anilines is 6. The molecule has 0 spiro atoms. The lowest BCUT2D eigenvalue weighted by Gasteiger charge is -2.28. The van der Waals surface area contributed by atoms with Crippen LogP contribution in [-0.4, -0.2) is 11.6 Å². The Morgan fingerprint density at radius 3 is 1.09 bits per heavy atom. The molecule has 0 fully saturated rings. The minimum atomic E-state index is -0.196. The van der Waals surface area contributed by atoms with E-state index in [1.807, 2.05) is 133 Å². The van der Waals surface area contributed by atoms with Gasteiger partial charge in [0.25, 0.3) is 0 Å². The molecule has 6 nitrogen and oxygen atoms in total. The fourth-order valence-corrected chi connectivity index (χ4v) is 8.16. The molecule has 0 saturated heterocycles. The molecule has 56 heavy (non-hydrogen) atoms. The van der Waals surface area contributed by atoms with Crippen LogP contribution in [0.1, 0.15) is 31.8 Å².